The number of aromatic nitrogens is 3. The van der Waals surface area contributed by atoms with Gasteiger partial charge in [-0.2, -0.15) is 5.10 Å². The Morgan fingerprint density at radius 1 is 1.43 bits per heavy atom. The number of rotatable bonds is 7. The van der Waals surface area contributed by atoms with E-state index < -0.39 is 0 Å². The first-order valence-electron chi connectivity index (χ1n) is 7.05. The predicted octanol–water partition coefficient (Wildman–Crippen LogP) is 2.25. The van der Waals surface area contributed by atoms with Gasteiger partial charge in [0.05, 0.1) is 7.11 Å². The van der Waals surface area contributed by atoms with Crippen LogP contribution in [0, 0.1) is 5.82 Å². The summed E-state index contributed by atoms with van der Waals surface area (Å²) in [4.78, 5) is 4.26. The second kappa shape index (κ2) is 7.17. The molecule has 0 saturated carbocycles. The van der Waals surface area contributed by atoms with E-state index in [0.717, 1.165) is 24.4 Å². The largest absolute Gasteiger partial charge is 0.494 e. The normalized spacial score (nSPS) is 12.4. The van der Waals surface area contributed by atoms with Crippen molar-refractivity contribution in [2.45, 2.75) is 25.8 Å². The minimum absolute atomic E-state index is 0.0438. The minimum Gasteiger partial charge on any atom is -0.494 e. The van der Waals surface area contributed by atoms with E-state index in [1.54, 1.807) is 16.8 Å². The lowest BCUT2D eigenvalue weighted by Gasteiger charge is -2.19. The maximum atomic E-state index is 13.6. The summed E-state index contributed by atoms with van der Waals surface area (Å²) in [6, 6.07) is 4.99. The fourth-order valence-electron chi connectivity index (χ4n) is 2.21. The lowest BCUT2D eigenvalue weighted by molar-refractivity contribution is 0.384. The molecule has 0 aliphatic heterocycles. The molecule has 0 aliphatic carbocycles. The zero-order valence-electron chi connectivity index (χ0n) is 12.6. The van der Waals surface area contributed by atoms with Crippen LogP contribution in [0.15, 0.2) is 24.5 Å². The number of nitrogens with one attached hydrogen (secondary N) is 1. The molecule has 6 heteroatoms. The van der Waals surface area contributed by atoms with E-state index in [1.165, 1.54) is 19.5 Å². The van der Waals surface area contributed by atoms with Gasteiger partial charge in [0.2, 0.25) is 0 Å². The molecule has 1 N–H and O–H groups in total. The monoisotopic (exact) mass is 292 g/mol. The first-order chi connectivity index (χ1) is 10.2. The van der Waals surface area contributed by atoms with Gasteiger partial charge in [-0.25, -0.2) is 9.37 Å². The van der Waals surface area contributed by atoms with Crippen LogP contribution >= 0.6 is 0 Å². The summed E-state index contributed by atoms with van der Waals surface area (Å²) in [6.45, 7) is 2.99. The maximum absolute atomic E-state index is 13.6. The van der Waals surface area contributed by atoms with Crippen molar-refractivity contribution in [2.75, 3.05) is 13.7 Å². The Labute approximate surface area is 124 Å². The summed E-state index contributed by atoms with van der Waals surface area (Å²) in [5.74, 6) is 0.787. The third kappa shape index (κ3) is 3.78. The predicted molar refractivity (Wildman–Crippen MR) is 78.7 cm³/mol. The van der Waals surface area contributed by atoms with Crippen LogP contribution < -0.4 is 10.1 Å². The molecule has 2 aromatic rings. The van der Waals surface area contributed by atoms with Gasteiger partial charge in [-0.1, -0.05) is 13.0 Å². The van der Waals surface area contributed by atoms with Gasteiger partial charge in [-0.05, 0) is 30.7 Å². The maximum Gasteiger partial charge on any atom is 0.165 e. The van der Waals surface area contributed by atoms with E-state index in [0.29, 0.717) is 6.42 Å². The van der Waals surface area contributed by atoms with Crippen LogP contribution in [0.3, 0.4) is 0 Å². The van der Waals surface area contributed by atoms with Gasteiger partial charge in [0.15, 0.2) is 11.6 Å². The number of aryl methyl sites for hydroxylation is 1. The number of ether oxygens (including phenoxy) is 1. The summed E-state index contributed by atoms with van der Waals surface area (Å²) < 4.78 is 20.4. The van der Waals surface area contributed by atoms with Crippen molar-refractivity contribution in [3.05, 3.63) is 41.7 Å². The van der Waals surface area contributed by atoms with Crippen molar-refractivity contribution < 1.29 is 9.13 Å². The molecule has 1 heterocycles. The lowest BCUT2D eigenvalue weighted by Crippen LogP contribution is -2.25. The smallest absolute Gasteiger partial charge is 0.165 e. The Balaban J connectivity index is 2.24. The van der Waals surface area contributed by atoms with E-state index in [-0.39, 0.29) is 17.6 Å². The van der Waals surface area contributed by atoms with Crippen LogP contribution in [0.4, 0.5) is 4.39 Å². The Bertz CT molecular complexity index is 585. The van der Waals surface area contributed by atoms with E-state index in [1.807, 2.05) is 7.05 Å². The second-order valence-electron chi connectivity index (χ2n) is 4.90. The number of benzene rings is 1. The molecule has 0 amide bonds. The number of hydrogen-bond acceptors (Lipinski definition) is 4. The van der Waals surface area contributed by atoms with E-state index in [2.05, 4.69) is 22.3 Å². The lowest BCUT2D eigenvalue weighted by atomic mass is 10.0. The average Bonchev–Trinajstić information content (AvgIpc) is 2.89. The summed E-state index contributed by atoms with van der Waals surface area (Å²) in [5.41, 5.74) is 0.977. The third-order valence-electron chi connectivity index (χ3n) is 3.41. The molecule has 0 bridgehead atoms. The molecule has 114 valence electrons. The van der Waals surface area contributed by atoms with Crippen LogP contribution in [0.5, 0.6) is 5.75 Å². The third-order valence-corrected chi connectivity index (χ3v) is 3.41. The zero-order valence-corrected chi connectivity index (χ0v) is 12.6. The molecule has 0 spiro atoms. The van der Waals surface area contributed by atoms with Gasteiger partial charge in [0, 0.05) is 19.5 Å². The van der Waals surface area contributed by atoms with E-state index in [9.17, 15) is 4.39 Å². The van der Waals surface area contributed by atoms with Crippen LogP contribution in [0.1, 0.15) is 30.8 Å². The minimum atomic E-state index is -0.353. The van der Waals surface area contributed by atoms with E-state index in [4.69, 9.17) is 4.74 Å². The van der Waals surface area contributed by atoms with Crippen molar-refractivity contribution in [1.82, 2.24) is 20.1 Å². The van der Waals surface area contributed by atoms with Crippen LogP contribution in [0.2, 0.25) is 0 Å². The first kappa shape index (κ1) is 15.4. The van der Waals surface area contributed by atoms with Crippen LogP contribution in [0.25, 0.3) is 0 Å². The molecule has 5 nitrogen and oxygen atoms in total. The second-order valence-corrected chi connectivity index (χ2v) is 4.90. The fraction of sp³-hybridized carbons (Fsp3) is 0.467. The molecule has 0 aliphatic rings. The summed E-state index contributed by atoms with van der Waals surface area (Å²) in [6.07, 6.45) is 3.25. The van der Waals surface area contributed by atoms with Crippen molar-refractivity contribution in [3.8, 4) is 5.75 Å². The Kier molecular flexibility index (Phi) is 5.27. The average molecular weight is 292 g/mol. The van der Waals surface area contributed by atoms with Gasteiger partial charge in [0.1, 0.15) is 12.2 Å². The molecule has 0 fully saturated rings. The highest BCUT2D eigenvalue weighted by molar-refractivity contribution is 5.32. The van der Waals surface area contributed by atoms with Gasteiger partial charge in [-0.3, -0.25) is 4.68 Å². The fourth-order valence-corrected chi connectivity index (χ4v) is 2.21. The molecule has 0 radical (unpaired) electrons. The SMILES string of the molecule is CCCNC(Cc1ncnn1C)c1ccc(F)c(OC)c1. The zero-order chi connectivity index (χ0) is 15.2. The molecule has 1 aromatic heterocycles. The Hall–Kier alpha value is -1.95. The van der Waals surface area contributed by atoms with Gasteiger partial charge in [0.25, 0.3) is 0 Å². The van der Waals surface area contributed by atoms with Crippen LogP contribution in [-0.4, -0.2) is 28.4 Å². The van der Waals surface area contributed by atoms with E-state index >= 15 is 0 Å². The molecular formula is C15H21FN4O. The molecule has 2 rings (SSSR count). The Morgan fingerprint density at radius 2 is 2.24 bits per heavy atom. The Morgan fingerprint density at radius 3 is 2.86 bits per heavy atom. The highest BCUT2D eigenvalue weighted by Crippen LogP contribution is 2.24. The van der Waals surface area contributed by atoms with Crippen molar-refractivity contribution in [2.24, 2.45) is 7.05 Å². The van der Waals surface area contributed by atoms with Gasteiger partial charge >= 0.3 is 0 Å². The van der Waals surface area contributed by atoms with Crippen molar-refractivity contribution in [1.29, 1.82) is 0 Å². The molecule has 1 atom stereocenters. The topological polar surface area (TPSA) is 52.0 Å². The molecule has 0 saturated heterocycles. The van der Waals surface area contributed by atoms with Gasteiger partial charge < -0.3 is 10.1 Å². The molecular weight excluding hydrogens is 271 g/mol. The van der Waals surface area contributed by atoms with Gasteiger partial charge in [-0.15, -0.1) is 0 Å². The summed E-state index contributed by atoms with van der Waals surface area (Å²) in [7, 11) is 3.34. The highest BCUT2D eigenvalue weighted by atomic mass is 19.1. The highest BCUT2D eigenvalue weighted by Gasteiger charge is 2.16. The van der Waals surface area contributed by atoms with Crippen molar-refractivity contribution in [3.63, 3.8) is 0 Å². The quantitative estimate of drug-likeness (QED) is 0.850. The summed E-state index contributed by atoms with van der Waals surface area (Å²) in [5, 5.41) is 7.55. The molecule has 1 unspecified atom stereocenters. The summed E-state index contributed by atoms with van der Waals surface area (Å²) >= 11 is 0. The molecule has 21 heavy (non-hydrogen) atoms. The van der Waals surface area contributed by atoms with Crippen molar-refractivity contribution >= 4 is 0 Å². The van der Waals surface area contributed by atoms with Crippen LogP contribution in [-0.2, 0) is 13.5 Å². The standard InChI is InChI=1S/C15H21FN4O/c1-4-7-17-13(9-15-18-10-19-20(15)2)11-5-6-12(16)14(8-11)21-3/h5-6,8,10,13,17H,4,7,9H2,1-3H3. The number of hydrogen-bond donors (Lipinski definition) is 1. The molecule has 1 aromatic carbocycles. The number of halogens is 1. The number of methoxy groups -OCH3 is 1. The first-order valence-corrected chi connectivity index (χ1v) is 7.05. The number of nitrogens with zero attached hydrogens (tertiary/aromatic N) is 3.